The zero-order chi connectivity index (χ0) is 22.0. The van der Waals surface area contributed by atoms with E-state index in [2.05, 4.69) is 34.6 Å². The maximum absolute atomic E-state index is 11.7. The van der Waals surface area contributed by atoms with Gasteiger partial charge in [0.1, 0.15) is 13.2 Å². The molecule has 0 aromatic carbocycles. The normalized spacial score (nSPS) is 12.6. The molecule has 0 N–H and O–H groups in total. The molecule has 0 saturated heterocycles. The molecule has 0 aliphatic heterocycles. The summed E-state index contributed by atoms with van der Waals surface area (Å²) in [4.78, 5) is 23.3. The summed E-state index contributed by atoms with van der Waals surface area (Å²) in [6.07, 6.45) is 13.4. The second-order valence-corrected chi connectivity index (χ2v) is 9.45. The van der Waals surface area contributed by atoms with Crippen molar-refractivity contribution in [1.82, 2.24) is 0 Å². The van der Waals surface area contributed by atoms with Crippen LogP contribution in [0.3, 0.4) is 0 Å². The lowest BCUT2D eigenvalue weighted by atomic mass is 9.86. The molecule has 0 bridgehead atoms. The van der Waals surface area contributed by atoms with Gasteiger partial charge < -0.3 is 14.2 Å². The fourth-order valence-corrected chi connectivity index (χ4v) is 3.42. The number of rotatable bonds is 18. The quantitative estimate of drug-likeness (QED) is 0.201. The Morgan fingerprint density at radius 2 is 1.24 bits per heavy atom. The van der Waals surface area contributed by atoms with Crippen LogP contribution in [0.15, 0.2) is 0 Å². The zero-order valence-corrected chi connectivity index (χ0v) is 19.7. The Balaban J connectivity index is 3.46. The van der Waals surface area contributed by atoms with E-state index in [0.717, 1.165) is 19.3 Å². The molecule has 0 radical (unpaired) electrons. The smallest absolute Gasteiger partial charge is 0.332 e. The van der Waals surface area contributed by atoms with Gasteiger partial charge in [0.25, 0.3) is 0 Å². The van der Waals surface area contributed by atoms with E-state index >= 15 is 0 Å². The molecule has 0 aromatic rings. The van der Waals surface area contributed by atoms with Gasteiger partial charge in [-0.2, -0.15) is 0 Å². The maximum atomic E-state index is 11.7. The van der Waals surface area contributed by atoms with Gasteiger partial charge in [-0.05, 0) is 24.2 Å². The highest BCUT2D eigenvalue weighted by Crippen LogP contribution is 2.24. The van der Waals surface area contributed by atoms with Crippen molar-refractivity contribution in [2.75, 3.05) is 26.4 Å². The first-order valence-corrected chi connectivity index (χ1v) is 11.6. The van der Waals surface area contributed by atoms with Gasteiger partial charge in [0.15, 0.2) is 0 Å². The highest BCUT2D eigenvalue weighted by atomic mass is 16.6. The van der Waals surface area contributed by atoms with E-state index in [1.807, 2.05) is 0 Å². The van der Waals surface area contributed by atoms with E-state index in [-0.39, 0.29) is 18.6 Å². The van der Waals surface area contributed by atoms with Crippen LogP contribution in [0, 0.1) is 11.3 Å². The first-order chi connectivity index (χ1) is 13.7. The Kier molecular flexibility index (Phi) is 17.1. The van der Waals surface area contributed by atoms with Gasteiger partial charge in [-0.25, -0.2) is 9.59 Å². The van der Waals surface area contributed by atoms with Crippen LogP contribution in [0.1, 0.15) is 105 Å². The molecule has 0 spiro atoms. The lowest BCUT2D eigenvalue weighted by Gasteiger charge is -2.22. The fraction of sp³-hybridized carbons (Fsp3) is 0.917. The Morgan fingerprint density at radius 1 is 0.759 bits per heavy atom. The molecule has 0 aliphatic rings. The van der Waals surface area contributed by atoms with Crippen molar-refractivity contribution >= 4 is 11.9 Å². The molecule has 0 amide bonds. The third-order valence-corrected chi connectivity index (χ3v) is 4.69. The summed E-state index contributed by atoms with van der Waals surface area (Å²) in [5.74, 6) is -0.562. The van der Waals surface area contributed by atoms with E-state index in [0.29, 0.717) is 19.1 Å². The van der Waals surface area contributed by atoms with E-state index in [4.69, 9.17) is 14.2 Å². The third-order valence-electron chi connectivity index (χ3n) is 4.69. The average molecular weight is 415 g/mol. The molecule has 0 aliphatic carbocycles. The summed E-state index contributed by atoms with van der Waals surface area (Å²) in [6.45, 7) is 11.2. The molecule has 1 unspecified atom stereocenters. The number of unbranched alkanes of at least 4 members (excludes halogenated alkanes) is 9. The highest BCUT2D eigenvalue weighted by Gasteiger charge is 2.17. The molecule has 172 valence electrons. The predicted molar refractivity (Wildman–Crippen MR) is 118 cm³/mol. The van der Waals surface area contributed by atoms with Gasteiger partial charge in [0, 0.05) is 0 Å². The molecule has 0 saturated carbocycles. The lowest BCUT2D eigenvalue weighted by molar-refractivity contribution is -0.156. The Bertz CT molecular complexity index is 414. The minimum absolute atomic E-state index is 0.204. The number of carbonyl (C=O) groups excluding carboxylic acids is 2. The summed E-state index contributed by atoms with van der Waals surface area (Å²) in [7, 11) is 0. The van der Waals surface area contributed by atoms with Gasteiger partial charge in [-0.15, -0.1) is 0 Å². The van der Waals surface area contributed by atoms with Crippen molar-refractivity contribution < 1.29 is 23.8 Å². The molecular weight excluding hydrogens is 368 g/mol. The minimum atomic E-state index is -0.437. The van der Waals surface area contributed by atoms with Crippen molar-refractivity contribution in [3.8, 4) is 0 Å². The van der Waals surface area contributed by atoms with Crippen molar-refractivity contribution in [3.63, 3.8) is 0 Å². The van der Waals surface area contributed by atoms with Crippen LogP contribution < -0.4 is 0 Å². The Labute approximate surface area is 179 Å². The topological polar surface area (TPSA) is 61.8 Å². The van der Waals surface area contributed by atoms with E-state index < -0.39 is 11.9 Å². The number of ether oxygens (including phenoxy) is 3. The van der Waals surface area contributed by atoms with Crippen LogP contribution in [0.25, 0.3) is 0 Å². The number of esters is 2. The molecule has 0 heterocycles. The molecule has 1 atom stereocenters. The van der Waals surface area contributed by atoms with Crippen molar-refractivity contribution in [2.24, 2.45) is 11.3 Å². The summed E-state index contributed by atoms with van der Waals surface area (Å²) in [6, 6.07) is 0. The number of hydrogen-bond acceptors (Lipinski definition) is 5. The second-order valence-electron chi connectivity index (χ2n) is 9.45. The Hall–Kier alpha value is -1.10. The van der Waals surface area contributed by atoms with E-state index in [1.165, 1.54) is 51.4 Å². The SMILES string of the molecule is CCCCCCCCCCCCOC(=O)COCC(=O)OCC(C)CC(C)(C)C. The molecule has 5 nitrogen and oxygen atoms in total. The molecule has 0 fully saturated rings. The van der Waals surface area contributed by atoms with Gasteiger partial charge >= 0.3 is 11.9 Å². The van der Waals surface area contributed by atoms with Crippen molar-refractivity contribution in [3.05, 3.63) is 0 Å². The fourth-order valence-electron chi connectivity index (χ4n) is 3.42. The third kappa shape index (κ3) is 21.4. The average Bonchev–Trinajstić information content (AvgIpc) is 2.63. The maximum Gasteiger partial charge on any atom is 0.332 e. The highest BCUT2D eigenvalue weighted by molar-refractivity contribution is 5.73. The Morgan fingerprint density at radius 3 is 1.76 bits per heavy atom. The van der Waals surface area contributed by atoms with Gasteiger partial charge in [0.05, 0.1) is 13.2 Å². The van der Waals surface area contributed by atoms with Gasteiger partial charge in [-0.1, -0.05) is 92.4 Å². The van der Waals surface area contributed by atoms with Crippen molar-refractivity contribution in [2.45, 2.75) is 105 Å². The minimum Gasteiger partial charge on any atom is -0.464 e. The largest absolute Gasteiger partial charge is 0.464 e. The summed E-state index contributed by atoms with van der Waals surface area (Å²) in [5, 5.41) is 0. The van der Waals surface area contributed by atoms with Crippen molar-refractivity contribution in [1.29, 1.82) is 0 Å². The van der Waals surface area contributed by atoms with Crippen LogP contribution in [-0.2, 0) is 23.8 Å². The monoisotopic (exact) mass is 414 g/mol. The van der Waals surface area contributed by atoms with Gasteiger partial charge in [0.2, 0.25) is 0 Å². The van der Waals surface area contributed by atoms with Crippen LogP contribution >= 0.6 is 0 Å². The zero-order valence-electron chi connectivity index (χ0n) is 19.7. The van der Waals surface area contributed by atoms with Crippen LogP contribution in [-0.4, -0.2) is 38.4 Å². The first kappa shape index (κ1) is 27.9. The second kappa shape index (κ2) is 17.7. The lowest BCUT2D eigenvalue weighted by Crippen LogP contribution is -2.22. The summed E-state index contributed by atoms with van der Waals surface area (Å²) < 4.78 is 15.4. The van der Waals surface area contributed by atoms with Crippen LogP contribution in [0.5, 0.6) is 0 Å². The molecule has 29 heavy (non-hydrogen) atoms. The number of carbonyl (C=O) groups is 2. The van der Waals surface area contributed by atoms with E-state index in [1.54, 1.807) is 0 Å². The molecule has 5 heteroatoms. The van der Waals surface area contributed by atoms with E-state index in [9.17, 15) is 9.59 Å². The summed E-state index contributed by atoms with van der Waals surface area (Å²) >= 11 is 0. The molecular formula is C24H46O5. The first-order valence-electron chi connectivity index (χ1n) is 11.6. The molecule has 0 aromatic heterocycles. The number of hydrogen-bond donors (Lipinski definition) is 0. The predicted octanol–water partition coefficient (Wildman–Crippen LogP) is 6.08. The van der Waals surface area contributed by atoms with Crippen LogP contribution in [0.2, 0.25) is 0 Å². The molecule has 0 rings (SSSR count). The summed E-state index contributed by atoms with van der Waals surface area (Å²) in [5.41, 5.74) is 0.209. The van der Waals surface area contributed by atoms with Gasteiger partial charge in [-0.3, -0.25) is 0 Å². The standard InChI is InChI=1S/C24H46O5/c1-6-7-8-9-10-11-12-13-14-15-16-28-22(25)19-27-20-23(26)29-18-21(2)17-24(3,4)5/h21H,6-20H2,1-5H3. The van der Waals surface area contributed by atoms with Crippen LogP contribution in [0.4, 0.5) is 0 Å².